The predicted octanol–water partition coefficient (Wildman–Crippen LogP) is 2.83. The Morgan fingerprint density at radius 3 is 2.55 bits per heavy atom. The first kappa shape index (κ1) is 14.9. The summed E-state index contributed by atoms with van der Waals surface area (Å²) in [7, 11) is 0. The molecule has 2 rings (SSSR count). The summed E-state index contributed by atoms with van der Waals surface area (Å²) in [5.74, 6) is -0.0579. The maximum absolute atomic E-state index is 12.3. The van der Waals surface area contributed by atoms with Gasteiger partial charge in [0.15, 0.2) is 0 Å². The van der Waals surface area contributed by atoms with Crippen LogP contribution in [0.15, 0.2) is 24.3 Å². The van der Waals surface area contributed by atoms with Crippen LogP contribution in [-0.2, 0) is 9.59 Å². The van der Waals surface area contributed by atoms with Crippen LogP contribution in [0.25, 0.3) is 0 Å². The van der Waals surface area contributed by atoms with Crippen molar-refractivity contribution in [3.63, 3.8) is 0 Å². The molecule has 1 aromatic carbocycles. The highest BCUT2D eigenvalue weighted by atomic mass is 35.5. The lowest BCUT2D eigenvalue weighted by atomic mass is 10.0. The zero-order chi connectivity index (χ0) is 14.8. The Morgan fingerprint density at radius 1 is 1.30 bits per heavy atom. The molecule has 5 heteroatoms. The van der Waals surface area contributed by atoms with Gasteiger partial charge in [-0.3, -0.25) is 9.59 Å². The van der Waals surface area contributed by atoms with Crippen LogP contribution in [0.1, 0.15) is 26.7 Å². The van der Waals surface area contributed by atoms with Gasteiger partial charge in [0.25, 0.3) is 0 Å². The SMILES string of the molecule is CC(C)CNC(=O)C1(C(=O)Nc2cccc(Cl)c2)CC1. The molecule has 1 aromatic rings. The normalized spacial score (nSPS) is 15.8. The van der Waals surface area contributed by atoms with E-state index < -0.39 is 5.41 Å². The van der Waals surface area contributed by atoms with Crippen LogP contribution in [0.5, 0.6) is 0 Å². The van der Waals surface area contributed by atoms with Crippen molar-refractivity contribution in [2.45, 2.75) is 26.7 Å². The fraction of sp³-hybridized carbons (Fsp3) is 0.467. The number of hydrogen-bond acceptors (Lipinski definition) is 2. The fourth-order valence-electron chi connectivity index (χ4n) is 1.97. The van der Waals surface area contributed by atoms with Crippen molar-refractivity contribution >= 4 is 29.1 Å². The molecule has 108 valence electrons. The van der Waals surface area contributed by atoms with Crippen LogP contribution in [0.2, 0.25) is 5.02 Å². The van der Waals surface area contributed by atoms with Crippen molar-refractivity contribution < 1.29 is 9.59 Å². The van der Waals surface area contributed by atoms with Crippen LogP contribution in [0.4, 0.5) is 5.69 Å². The third-order valence-corrected chi connectivity index (χ3v) is 3.61. The minimum atomic E-state index is -0.892. The average Bonchev–Trinajstić information content (AvgIpc) is 3.17. The molecule has 1 aliphatic rings. The van der Waals surface area contributed by atoms with E-state index in [1.807, 2.05) is 13.8 Å². The number of halogens is 1. The molecule has 0 radical (unpaired) electrons. The molecule has 0 saturated heterocycles. The predicted molar refractivity (Wildman–Crippen MR) is 79.6 cm³/mol. The van der Waals surface area contributed by atoms with Gasteiger partial charge in [-0.05, 0) is 37.0 Å². The van der Waals surface area contributed by atoms with Crippen molar-refractivity contribution in [2.75, 3.05) is 11.9 Å². The Balaban J connectivity index is 1.99. The number of hydrogen-bond donors (Lipinski definition) is 2. The van der Waals surface area contributed by atoms with Gasteiger partial charge in [-0.1, -0.05) is 31.5 Å². The summed E-state index contributed by atoms with van der Waals surface area (Å²) in [4.78, 5) is 24.4. The molecule has 0 atom stereocenters. The van der Waals surface area contributed by atoms with E-state index in [9.17, 15) is 9.59 Å². The first-order valence-corrected chi connectivity index (χ1v) is 7.17. The standard InChI is InChI=1S/C15H19ClN2O2/c1-10(2)9-17-13(19)15(6-7-15)14(20)18-12-5-3-4-11(16)8-12/h3-5,8,10H,6-7,9H2,1-2H3,(H,17,19)(H,18,20). The van der Waals surface area contributed by atoms with Gasteiger partial charge in [-0.2, -0.15) is 0 Å². The number of anilines is 1. The van der Waals surface area contributed by atoms with E-state index in [0.717, 1.165) is 0 Å². The highest BCUT2D eigenvalue weighted by Gasteiger charge is 2.56. The Morgan fingerprint density at radius 2 is 2.00 bits per heavy atom. The largest absolute Gasteiger partial charge is 0.355 e. The summed E-state index contributed by atoms with van der Waals surface area (Å²) < 4.78 is 0. The smallest absolute Gasteiger partial charge is 0.240 e. The van der Waals surface area contributed by atoms with Crippen LogP contribution in [0.3, 0.4) is 0 Å². The first-order chi connectivity index (χ1) is 9.44. The van der Waals surface area contributed by atoms with Crippen molar-refractivity contribution in [1.82, 2.24) is 5.32 Å². The molecule has 0 bridgehead atoms. The van der Waals surface area contributed by atoms with Crippen LogP contribution < -0.4 is 10.6 Å². The van der Waals surface area contributed by atoms with Gasteiger partial charge in [0, 0.05) is 17.3 Å². The molecule has 0 unspecified atom stereocenters. The molecule has 4 nitrogen and oxygen atoms in total. The van der Waals surface area contributed by atoms with Gasteiger partial charge in [0.05, 0.1) is 0 Å². The number of nitrogens with one attached hydrogen (secondary N) is 2. The molecule has 1 saturated carbocycles. The first-order valence-electron chi connectivity index (χ1n) is 6.79. The van der Waals surface area contributed by atoms with Crippen molar-refractivity contribution in [1.29, 1.82) is 0 Å². The summed E-state index contributed by atoms with van der Waals surface area (Å²) >= 11 is 5.87. The minimum Gasteiger partial charge on any atom is -0.355 e. The van der Waals surface area contributed by atoms with E-state index in [2.05, 4.69) is 10.6 Å². The Kier molecular flexibility index (Phi) is 4.33. The zero-order valence-corrected chi connectivity index (χ0v) is 12.5. The molecule has 20 heavy (non-hydrogen) atoms. The van der Waals surface area contributed by atoms with Crippen LogP contribution in [0, 0.1) is 11.3 Å². The summed E-state index contributed by atoms with van der Waals surface area (Å²) in [5.41, 5.74) is -0.276. The average molecular weight is 295 g/mol. The van der Waals surface area contributed by atoms with E-state index in [1.165, 1.54) is 0 Å². The third kappa shape index (κ3) is 3.31. The zero-order valence-electron chi connectivity index (χ0n) is 11.7. The summed E-state index contributed by atoms with van der Waals surface area (Å²) in [5, 5.41) is 6.16. The van der Waals surface area contributed by atoms with Gasteiger partial charge >= 0.3 is 0 Å². The second kappa shape index (κ2) is 5.83. The Bertz CT molecular complexity index is 524. The van der Waals surface area contributed by atoms with Gasteiger partial charge in [0.1, 0.15) is 5.41 Å². The van der Waals surface area contributed by atoms with Gasteiger partial charge in [-0.25, -0.2) is 0 Å². The molecular weight excluding hydrogens is 276 g/mol. The number of carbonyl (C=O) groups excluding carboxylic acids is 2. The van der Waals surface area contributed by atoms with E-state index in [0.29, 0.717) is 36.0 Å². The van der Waals surface area contributed by atoms with Crippen molar-refractivity contribution in [3.05, 3.63) is 29.3 Å². The number of rotatable bonds is 5. The quantitative estimate of drug-likeness (QED) is 0.821. The molecule has 0 heterocycles. The van der Waals surface area contributed by atoms with Gasteiger partial charge in [-0.15, -0.1) is 0 Å². The molecule has 1 aliphatic carbocycles. The highest BCUT2D eigenvalue weighted by Crippen LogP contribution is 2.46. The maximum Gasteiger partial charge on any atom is 0.240 e. The van der Waals surface area contributed by atoms with Gasteiger partial charge in [0.2, 0.25) is 11.8 Å². The van der Waals surface area contributed by atoms with Crippen molar-refractivity contribution in [3.8, 4) is 0 Å². The molecule has 2 N–H and O–H groups in total. The van der Waals surface area contributed by atoms with Crippen LogP contribution in [-0.4, -0.2) is 18.4 Å². The fourth-order valence-corrected chi connectivity index (χ4v) is 2.16. The second-order valence-electron chi connectivity index (χ2n) is 5.65. The third-order valence-electron chi connectivity index (χ3n) is 3.37. The highest BCUT2D eigenvalue weighted by molar-refractivity contribution is 6.31. The Hall–Kier alpha value is -1.55. The number of amides is 2. The summed E-state index contributed by atoms with van der Waals surface area (Å²) in [6.07, 6.45) is 1.20. The van der Waals surface area contributed by atoms with E-state index in [-0.39, 0.29) is 11.8 Å². The maximum atomic E-state index is 12.3. The van der Waals surface area contributed by atoms with Crippen LogP contribution >= 0.6 is 11.6 Å². The van der Waals surface area contributed by atoms with E-state index in [4.69, 9.17) is 11.6 Å². The molecule has 0 spiro atoms. The lowest BCUT2D eigenvalue weighted by Crippen LogP contribution is -2.41. The van der Waals surface area contributed by atoms with E-state index in [1.54, 1.807) is 24.3 Å². The summed E-state index contributed by atoms with van der Waals surface area (Å²) in [6.45, 7) is 4.63. The second-order valence-corrected chi connectivity index (χ2v) is 6.09. The molecular formula is C15H19ClN2O2. The monoisotopic (exact) mass is 294 g/mol. The number of carbonyl (C=O) groups is 2. The number of benzene rings is 1. The molecule has 2 amide bonds. The molecule has 1 fully saturated rings. The lowest BCUT2D eigenvalue weighted by Gasteiger charge is -2.16. The van der Waals surface area contributed by atoms with E-state index >= 15 is 0 Å². The minimum absolute atomic E-state index is 0.175. The molecule has 0 aliphatic heterocycles. The Labute approximate surface area is 123 Å². The lowest BCUT2D eigenvalue weighted by molar-refractivity contribution is -0.134. The van der Waals surface area contributed by atoms with Gasteiger partial charge < -0.3 is 10.6 Å². The topological polar surface area (TPSA) is 58.2 Å². The summed E-state index contributed by atoms with van der Waals surface area (Å²) in [6, 6.07) is 6.92. The molecule has 0 aromatic heterocycles. The van der Waals surface area contributed by atoms with Crippen molar-refractivity contribution in [2.24, 2.45) is 11.3 Å².